The first-order valence-corrected chi connectivity index (χ1v) is 7.42. The lowest BCUT2D eigenvalue weighted by atomic mass is 10.0. The van der Waals surface area contributed by atoms with Gasteiger partial charge in [-0.1, -0.05) is 11.6 Å². The summed E-state index contributed by atoms with van der Waals surface area (Å²) >= 11 is 7.83. The molecule has 3 nitrogen and oxygen atoms in total. The van der Waals surface area contributed by atoms with Gasteiger partial charge in [-0.2, -0.15) is 11.8 Å². The molecule has 1 aromatic carbocycles. The Bertz CT molecular complexity index is 433. The van der Waals surface area contributed by atoms with Gasteiger partial charge in [-0.15, -0.1) is 0 Å². The summed E-state index contributed by atoms with van der Waals surface area (Å²) in [6, 6.07) is 5.44. The van der Waals surface area contributed by atoms with Gasteiger partial charge in [0.15, 0.2) is 5.78 Å². The van der Waals surface area contributed by atoms with Crippen LogP contribution in [0, 0.1) is 0 Å². The summed E-state index contributed by atoms with van der Waals surface area (Å²) in [6.07, 6.45) is 0.526. The number of rotatable bonds is 4. The maximum absolute atomic E-state index is 12.1. The molecule has 98 valence electrons. The van der Waals surface area contributed by atoms with Gasteiger partial charge in [-0.25, -0.2) is 0 Å². The Morgan fingerprint density at radius 2 is 2.44 bits per heavy atom. The largest absolute Gasteiger partial charge is 0.495 e. The number of nitrogens with one attached hydrogen (secondary N) is 1. The van der Waals surface area contributed by atoms with Crippen LogP contribution >= 0.6 is 23.4 Å². The fraction of sp³-hybridized carbons (Fsp3) is 0.462. The molecule has 0 amide bonds. The zero-order valence-corrected chi connectivity index (χ0v) is 11.8. The van der Waals surface area contributed by atoms with E-state index in [1.54, 1.807) is 25.3 Å². The smallest absolute Gasteiger partial charge is 0.164 e. The average Bonchev–Trinajstić information content (AvgIpc) is 2.40. The molecule has 1 aliphatic rings. The van der Waals surface area contributed by atoms with Crippen molar-refractivity contribution in [3.05, 3.63) is 28.8 Å². The highest BCUT2D eigenvalue weighted by Crippen LogP contribution is 2.26. The number of hydrogen-bond acceptors (Lipinski definition) is 4. The molecule has 1 unspecified atom stereocenters. The summed E-state index contributed by atoms with van der Waals surface area (Å²) in [5.41, 5.74) is 0.661. The number of methoxy groups -OCH3 is 1. The van der Waals surface area contributed by atoms with Crippen LogP contribution in [0.5, 0.6) is 5.75 Å². The second kappa shape index (κ2) is 6.45. The highest BCUT2D eigenvalue weighted by Gasteiger charge is 2.18. The van der Waals surface area contributed by atoms with Gasteiger partial charge in [0.1, 0.15) is 5.75 Å². The van der Waals surface area contributed by atoms with E-state index in [0.29, 0.717) is 22.8 Å². The van der Waals surface area contributed by atoms with E-state index in [4.69, 9.17) is 16.3 Å². The number of carbonyl (C=O) groups excluding carboxylic acids is 1. The Balaban J connectivity index is 2.03. The molecule has 0 bridgehead atoms. The molecule has 0 radical (unpaired) electrons. The molecule has 1 fully saturated rings. The zero-order valence-electron chi connectivity index (χ0n) is 10.2. The van der Waals surface area contributed by atoms with Gasteiger partial charge in [0.25, 0.3) is 0 Å². The Morgan fingerprint density at radius 1 is 1.61 bits per heavy atom. The summed E-state index contributed by atoms with van der Waals surface area (Å²) in [5, 5.41) is 3.89. The third-order valence-corrected chi connectivity index (χ3v) is 4.35. The summed E-state index contributed by atoms with van der Waals surface area (Å²) in [5.74, 6) is 2.80. The number of ketones is 1. The monoisotopic (exact) mass is 285 g/mol. The SMILES string of the molecule is COc1cc(C(=O)CC2CSCCN2)ccc1Cl. The molecule has 0 saturated carbocycles. The first-order valence-electron chi connectivity index (χ1n) is 5.88. The molecule has 0 spiro atoms. The number of hydrogen-bond donors (Lipinski definition) is 1. The van der Waals surface area contributed by atoms with E-state index < -0.39 is 0 Å². The van der Waals surface area contributed by atoms with Gasteiger partial charge in [0.05, 0.1) is 12.1 Å². The molecule has 1 N–H and O–H groups in total. The summed E-state index contributed by atoms with van der Waals surface area (Å²) < 4.78 is 5.12. The molecule has 1 saturated heterocycles. The molecule has 1 aromatic rings. The summed E-state index contributed by atoms with van der Waals surface area (Å²) in [7, 11) is 1.55. The molecular weight excluding hydrogens is 270 g/mol. The zero-order chi connectivity index (χ0) is 13.0. The maximum atomic E-state index is 12.1. The second-order valence-electron chi connectivity index (χ2n) is 4.20. The van der Waals surface area contributed by atoms with Crippen LogP contribution in [0.1, 0.15) is 16.8 Å². The normalized spacial score (nSPS) is 19.6. The molecule has 0 aromatic heterocycles. The van der Waals surface area contributed by atoms with E-state index in [-0.39, 0.29) is 11.8 Å². The minimum absolute atomic E-state index is 0.130. The quantitative estimate of drug-likeness (QED) is 0.863. The first-order chi connectivity index (χ1) is 8.70. The Morgan fingerprint density at radius 3 is 3.11 bits per heavy atom. The van der Waals surface area contributed by atoms with Gasteiger partial charge in [-0.05, 0) is 18.2 Å². The Kier molecular flexibility index (Phi) is 4.92. The van der Waals surface area contributed by atoms with Crippen molar-refractivity contribution in [2.24, 2.45) is 0 Å². The third kappa shape index (κ3) is 3.40. The van der Waals surface area contributed by atoms with Gasteiger partial charge < -0.3 is 10.1 Å². The Hall–Kier alpha value is -0.710. The van der Waals surface area contributed by atoms with Crippen LogP contribution in [-0.4, -0.2) is 37.0 Å². The topological polar surface area (TPSA) is 38.3 Å². The number of halogens is 1. The van der Waals surface area contributed by atoms with Crippen molar-refractivity contribution >= 4 is 29.1 Å². The van der Waals surface area contributed by atoms with E-state index in [1.807, 2.05) is 11.8 Å². The number of Topliss-reactive ketones (excluding diaryl/α,β-unsaturated/α-hetero) is 1. The maximum Gasteiger partial charge on any atom is 0.164 e. The van der Waals surface area contributed by atoms with Gasteiger partial charge in [0.2, 0.25) is 0 Å². The van der Waals surface area contributed by atoms with Gasteiger partial charge in [-0.3, -0.25) is 4.79 Å². The van der Waals surface area contributed by atoms with Crippen molar-refractivity contribution in [2.45, 2.75) is 12.5 Å². The molecule has 5 heteroatoms. The highest BCUT2D eigenvalue weighted by molar-refractivity contribution is 7.99. The predicted molar refractivity (Wildman–Crippen MR) is 76.1 cm³/mol. The van der Waals surface area contributed by atoms with Crippen molar-refractivity contribution in [3.63, 3.8) is 0 Å². The first kappa shape index (κ1) is 13.7. The number of ether oxygens (including phenoxy) is 1. The van der Waals surface area contributed by atoms with Gasteiger partial charge >= 0.3 is 0 Å². The number of benzene rings is 1. The van der Waals surface area contributed by atoms with Crippen LogP contribution in [0.3, 0.4) is 0 Å². The van der Waals surface area contributed by atoms with Crippen LogP contribution < -0.4 is 10.1 Å². The van der Waals surface area contributed by atoms with E-state index in [9.17, 15) is 4.79 Å². The average molecular weight is 286 g/mol. The van der Waals surface area contributed by atoms with Crippen molar-refractivity contribution in [1.29, 1.82) is 0 Å². The second-order valence-corrected chi connectivity index (χ2v) is 5.76. The van der Waals surface area contributed by atoms with Gasteiger partial charge in [0, 0.05) is 36.1 Å². The molecule has 18 heavy (non-hydrogen) atoms. The minimum atomic E-state index is 0.130. The molecule has 2 rings (SSSR count). The number of thioether (sulfide) groups is 1. The standard InChI is InChI=1S/C13H16ClNO2S/c1-17-13-6-9(2-3-11(13)14)12(16)7-10-8-18-5-4-15-10/h2-3,6,10,15H,4-5,7-8H2,1H3. The van der Waals surface area contributed by atoms with E-state index in [2.05, 4.69) is 5.32 Å². The predicted octanol–water partition coefficient (Wildman–Crippen LogP) is 2.63. The fourth-order valence-corrected chi connectivity index (χ4v) is 3.07. The van der Waals surface area contributed by atoms with Crippen molar-refractivity contribution in [1.82, 2.24) is 5.32 Å². The molecular formula is C13H16ClNO2S. The summed E-state index contributed by atoms with van der Waals surface area (Å²) in [6.45, 7) is 0.979. The highest BCUT2D eigenvalue weighted by atomic mass is 35.5. The molecule has 1 aliphatic heterocycles. The number of carbonyl (C=O) groups is 1. The minimum Gasteiger partial charge on any atom is -0.495 e. The lowest BCUT2D eigenvalue weighted by molar-refractivity contribution is 0.0971. The molecule has 1 heterocycles. The van der Waals surface area contributed by atoms with E-state index in [1.165, 1.54) is 0 Å². The van der Waals surface area contributed by atoms with Crippen LogP contribution in [0.15, 0.2) is 18.2 Å². The van der Waals surface area contributed by atoms with Crippen LogP contribution in [0.2, 0.25) is 5.02 Å². The molecule has 1 atom stereocenters. The van der Waals surface area contributed by atoms with Crippen molar-refractivity contribution in [3.8, 4) is 5.75 Å². The summed E-state index contributed by atoms with van der Waals surface area (Å²) in [4.78, 5) is 12.1. The lowest BCUT2D eigenvalue weighted by Crippen LogP contribution is -2.38. The van der Waals surface area contributed by atoms with Crippen LogP contribution in [-0.2, 0) is 0 Å². The third-order valence-electron chi connectivity index (χ3n) is 2.90. The van der Waals surface area contributed by atoms with Crippen molar-refractivity contribution < 1.29 is 9.53 Å². The van der Waals surface area contributed by atoms with E-state index in [0.717, 1.165) is 18.1 Å². The lowest BCUT2D eigenvalue weighted by Gasteiger charge is -2.22. The molecule has 0 aliphatic carbocycles. The van der Waals surface area contributed by atoms with Crippen LogP contribution in [0.25, 0.3) is 0 Å². The van der Waals surface area contributed by atoms with Crippen LogP contribution in [0.4, 0.5) is 0 Å². The van der Waals surface area contributed by atoms with E-state index >= 15 is 0 Å². The fourth-order valence-electron chi connectivity index (χ4n) is 1.93. The van der Waals surface area contributed by atoms with Crippen molar-refractivity contribution in [2.75, 3.05) is 25.2 Å². The Labute approximate surface area is 116 Å².